The van der Waals surface area contributed by atoms with Crippen LogP contribution in [0.1, 0.15) is 19.8 Å². The first-order chi connectivity index (χ1) is 4.00. The second-order valence-electron chi connectivity index (χ2n) is 1.76. The summed E-state index contributed by atoms with van der Waals surface area (Å²) in [7, 11) is 0. The summed E-state index contributed by atoms with van der Waals surface area (Å²) in [5, 5.41) is 5.50. The molecule has 0 radical (unpaired) electrons. The Bertz CT molecular complexity index is 114. The first kappa shape index (κ1) is 8.69. The maximum atomic E-state index is 12.4. The van der Waals surface area contributed by atoms with Gasteiger partial charge >= 0.3 is 5.97 Å². The SMILES string of the molecule is CCCC(F)(Cl)C(=O)O. The smallest absolute Gasteiger partial charge is 0.357 e. The van der Waals surface area contributed by atoms with Crippen LogP contribution >= 0.6 is 11.6 Å². The number of rotatable bonds is 3. The first-order valence-corrected chi connectivity index (χ1v) is 2.99. The highest BCUT2D eigenvalue weighted by Crippen LogP contribution is 2.23. The molecule has 0 aliphatic heterocycles. The molecule has 0 saturated heterocycles. The van der Waals surface area contributed by atoms with Crippen LogP contribution in [0, 0.1) is 0 Å². The number of hydrogen-bond acceptors (Lipinski definition) is 1. The molecule has 1 unspecified atom stereocenters. The van der Waals surface area contributed by atoms with Gasteiger partial charge in [-0.2, -0.15) is 0 Å². The van der Waals surface area contributed by atoms with Gasteiger partial charge in [-0.25, -0.2) is 9.18 Å². The van der Waals surface area contributed by atoms with Crippen LogP contribution in [0.2, 0.25) is 0 Å². The van der Waals surface area contributed by atoms with Crippen molar-refractivity contribution in [2.24, 2.45) is 0 Å². The minimum atomic E-state index is -2.56. The van der Waals surface area contributed by atoms with Gasteiger partial charge in [-0.05, 0) is 0 Å². The van der Waals surface area contributed by atoms with E-state index in [2.05, 4.69) is 0 Å². The molecule has 1 atom stereocenters. The molecule has 0 aromatic heterocycles. The van der Waals surface area contributed by atoms with Crippen molar-refractivity contribution in [1.29, 1.82) is 0 Å². The molecule has 0 heterocycles. The summed E-state index contributed by atoms with van der Waals surface area (Å²) < 4.78 is 12.4. The maximum Gasteiger partial charge on any atom is 0.357 e. The van der Waals surface area contributed by atoms with Crippen LogP contribution in [0.4, 0.5) is 4.39 Å². The van der Waals surface area contributed by atoms with Crippen LogP contribution in [0.15, 0.2) is 0 Å². The van der Waals surface area contributed by atoms with Crippen molar-refractivity contribution < 1.29 is 14.3 Å². The van der Waals surface area contributed by atoms with Crippen LogP contribution < -0.4 is 0 Å². The minimum absolute atomic E-state index is 0.149. The van der Waals surface area contributed by atoms with Crippen LogP contribution in [-0.2, 0) is 4.79 Å². The molecule has 54 valence electrons. The first-order valence-electron chi connectivity index (χ1n) is 2.62. The number of carboxylic acids is 1. The third kappa shape index (κ3) is 2.65. The molecule has 0 rings (SSSR count). The quantitative estimate of drug-likeness (QED) is 0.630. The van der Waals surface area contributed by atoms with Crippen molar-refractivity contribution in [3.8, 4) is 0 Å². The van der Waals surface area contributed by atoms with E-state index in [4.69, 9.17) is 16.7 Å². The van der Waals surface area contributed by atoms with Crippen LogP contribution in [0.25, 0.3) is 0 Å². The Kier molecular flexibility index (Phi) is 2.91. The van der Waals surface area contributed by atoms with Gasteiger partial charge in [0.25, 0.3) is 5.13 Å². The van der Waals surface area contributed by atoms with Gasteiger partial charge in [-0.15, -0.1) is 0 Å². The molecule has 0 bridgehead atoms. The Morgan fingerprint density at radius 2 is 2.33 bits per heavy atom. The summed E-state index contributed by atoms with van der Waals surface area (Å²) in [6, 6.07) is 0. The Labute approximate surface area is 57.6 Å². The largest absolute Gasteiger partial charge is 0.478 e. The zero-order chi connectivity index (χ0) is 7.49. The van der Waals surface area contributed by atoms with E-state index >= 15 is 0 Å². The van der Waals surface area contributed by atoms with E-state index < -0.39 is 11.1 Å². The lowest BCUT2D eigenvalue weighted by molar-refractivity contribution is -0.145. The van der Waals surface area contributed by atoms with Crippen molar-refractivity contribution in [2.75, 3.05) is 0 Å². The molecule has 0 aliphatic carbocycles. The summed E-state index contributed by atoms with van der Waals surface area (Å²) in [4.78, 5) is 9.90. The summed E-state index contributed by atoms with van der Waals surface area (Å²) >= 11 is 4.91. The fraction of sp³-hybridized carbons (Fsp3) is 0.800. The highest BCUT2D eigenvalue weighted by atomic mass is 35.5. The molecule has 1 N–H and O–H groups in total. The topological polar surface area (TPSA) is 37.3 Å². The van der Waals surface area contributed by atoms with Gasteiger partial charge in [0.15, 0.2) is 0 Å². The molecule has 0 fully saturated rings. The van der Waals surface area contributed by atoms with E-state index in [1.54, 1.807) is 6.92 Å². The standard InChI is InChI=1S/C5H8ClFO2/c1-2-3-5(6,7)4(8)9/h2-3H2,1H3,(H,8,9). The number of halogens is 2. The predicted octanol–water partition coefficient (Wildman–Crippen LogP) is 1.78. The molecule has 0 saturated carbocycles. The predicted molar refractivity (Wildman–Crippen MR) is 32.2 cm³/mol. The zero-order valence-electron chi connectivity index (χ0n) is 5.03. The molecule has 0 aliphatic rings. The van der Waals surface area contributed by atoms with Crippen molar-refractivity contribution in [3.63, 3.8) is 0 Å². The van der Waals surface area contributed by atoms with E-state index in [9.17, 15) is 9.18 Å². The van der Waals surface area contributed by atoms with Gasteiger partial charge in [0.2, 0.25) is 0 Å². The van der Waals surface area contributed by atoms with E-state index in [-0.39, 0.29) is 6.42 Å². The highest BCUT2D eigenvalue weighted by Gasteiger charge is 2.34. The average molecular weight is 155 g/mol. The lowest BCUT2D eigenvalue weighted by Gasteiger charge is -2.09. The number of hydrogen-bond donors (Lipinski definition) is 1. The normalized spacial score (nSPS) is 16.8. The Morgan fingerprint density at radius 3 is 2.44 bits per heavy atom. The molecule has 4 heteroatoms. The molecule has 0 spiro atoms. The summed E-state index contributed by atoms with van der Waals surface area (Å²) in [5.41, 5.74) is 0. The lowest BCUT2D eigenvalue weighted by Crippen LogP contribution is -2.26. The third-order valence-electron chi connectivity index (χ3n) is 0.877. The Balaban J connectivity index is 3.85. The van der Waals surface area contributed by atoms with Crippen LogP contribution in [0.5, 0.6) is 0 Å². The van der Waals surface area contributed by atoms with Gasteiger partial charge in [-0.3, -0.25) is 0 Å². The van der Waals surface area contributed by atoms with E-state index in [1.165, 1.54) is 0 Å². The highest BCUT2D eigenvalue weighted by molar-refractivity contribution is 6.32. The second-order valence-corrected chi connectivity index (χ2v) is 2.36. The monoisotopic (exact) mass is 154 g/mol. The lowest BCUT2D eigenvalue weighted by atomic mass is 10.2. The molecule has 0 aromatic rings. The number of carbonyl (C=O) groups is 1. The van der Waals surface area contributed by atoms with E-state index in [1.807, 2.05) is 0 Å². The number of alkyl halides is 2. The van der Waals surface area contributed by atoms with Gasteiger partial charge in [0.05, 0.1) is 0 Å². The fourth-order valence-corrected chi connectivity index (χ4v) is 0.610. The van der Waals surface area contributed by atoms with Crippen molar-refractivity contribution >= 4 is 17.6 Å². The zero-order valence-corrected chi connectivity index (χ0v) is 5.78. The molecular weight excluding hydrogens is 147 g/mol. The van der Waals surface area contributed by atoms with Crippen LogP contribution in [-0.4, -0.2) is 16.2 Å². The fourth-order valence-electron chi connectivity index (χ4n) is 0.421. The summed E-state index contributed by atoms with van der Waals surface area (Å²) in [5.74, 6) is -1.61. The molecule has 0 amide bonds. The molecule has 9 heavy (non-hydrogen) atoms. The van der Waals surface area contributed by atoms with Gasteiger partial charge < -0.3 is 5.11 Å². The summed E-state index contributed by atoms with van der Waals surface area (Å²) in [6.45, 7) is 1.67. The van der Waals surface area contributed by atoms with E-state index in [0.29, 0.717) is 6.42 Å². The maximum absolute atomic E-state index is 12.4. The van der Waals surface area contributed by atoms with Gasteiger partial charge in [0, 0.05) is 6.42 Å². The Hall–Kier alpha value is -0.310. The summed E-state index contributed by atoms with van der Waals surface area (Å²) in [6.07, 6.45) is 0.274. The second kappa shape index (κ2) is 3.01. The molecule has 0 aromatic carbocycles. The van der Waals surface area contributed by atoms with Gasteiger partial charge in [0.1, 0.15) is 0 Å². The van der Waals surface area contributed by atoms with Crippen molar-refractivity contribution in [3.05, 3.63) is 0 Å². The molecular formula is C5H8ClFO2. The van der Waals surface area contributed by atoms with Crippen molar-refractivity contribution in [1.82, 2.24) is 0 Å². The van der Waals surface area contributed by atoms with Crippen molar-refractivity contribution in [2.45, 2.75) is 24.9 Å². The van der Waals surface area contributed by atoms with E-state index in [0.717, 1.165) is 0 Å². The molecule has 2 nitrogen and oxygen atoms in total. The Morgan fingerprint density at radius 1 is 1.89 bits per heavy atom. The average Bonchev–Trinajstić information content (AvgIpc) is 1.65. The van der Waals surface area contributed by atoms with Crippen LogP contribution in [0.3, 0.4) is 0 Å². The third-order valence-corrected chi connectivity index (χ3v) is 1.23. The number of carboxylic acid groups (broad SMARTS) is 1. The van der Waals surface area contributed by atoms with Gasteiger partial charge in [-0.1, -0.05) is 24.9 Å². The number of aliphatic carboxylic acids is 1. The minimum Gasteiger partial charge on any atom is -0.478 e.